The van der Waals surface area contributed by atoms with Crippen LogP contribution in [0.1, 0.15) is 69.1 Å². The van der Waals surface area contributed by atoms with E-state index < -0.39 is 20.5 Å². The number of imide groups is 1. The van der Waals surface area contributed by atoms with Crippen LogP contribution in [0.3, 0.4) is 0 Å². The summed E-state index contributed by atoms with van der Waals surface area (Å²) in [6.45, 7) is 12.7. The summed E-state index contributed by atoms with van der Waals surface area (Å²) in [5.41, 5.74) is 2.26. The quantitative estimate of drug-likeness (QED) is 0.282. The second kappa shape index (κ2) is 9.28. The van der Waals surface area contributed by atoms with E-state index in [9.17, 15) is 14.0 Å². The van der Waals surface area contributed by atoms with Gasteiger partial charge in [-0.05, 0) is 58.9 Å². The number of hydrogen-bond acceptors (Lipinski definition) is 3. The fourth-order valence-electron chi connectivity index (χ4n) is 4.31. The summed E-state index contributed by atoms with van der Waals surface area (Å²) >= 11 is 0. The molecule has 2 aromatic rings. The van der Waals surface area contributed by atoms with Crippen molar-refractivity contribution in [2.45, 2.75) is 77.2 Å². The van der Waals surface area contributed by atoms with Gasteiger partial charge in [-0.15, -0.1) is 0 Å². The Labute approximate surface area is 191 Å². The van der Waals surface area contributed by atoms with Crippen LogP contribution in [-0.4, -0.2) is 31.1 Å². The lowest BCUT2D eigenvalue weighted by atomic mass is 9.86. The molecule has 0 aromatic heterocycles. The molecule has 2 aromatic carbocycles. The highest BCUT2D eigenvalue weighted by Gasteiger charge is 2.54. The maximum atomic E-state index is 13.6. The normalized spacial score (nSPS) is 19.1. The topological polar surface area (TPSA) is 46.6 Å². The molecule has 1 aliphatic heterocycles. The summed E-state index contributed by atoms with van der Waals surface area (Å²) in [6.07, 6.45) is -0.704. The third kappa shape index (κ3) is 4.57. The number of benzene rings is 2. The van der Waals surface area contributed by atoms with E-state index >= 15 is 0 Å². The van der Waals surface area contributed by atoms with Gasteiger partial charge in [0.15, 0.2) is 14.4 Å². The number of carbonyl (C=O) groups excluding carboxylic acids is 2. The van der Waals surface area contributed by atoms with Crippen molar-refractivity contribution < 1.29 is 18.4 Å². The van der Waals surface area contributed by atoms with Crippen molar-refractivity contribution in [3.05, 3.63) is 71.0 Å². The maximum absolute atomic E-state index is 13.6. The zero-order valence-electron chi connectivity index (χ0n) is 19.9. The first-order valence-corrected chi connectivity index (χ1v) is 14.0. The van der Waals surface area contributed by atoms with Crippen LogP contribution in [0.4, 0.5) is 4.39 Å². The molecule has 0 saturated carbocycles. The van der Waals surface area contributed by atoms with Crippen LogP contribution in [-0.2, 0) is 14.6 Å². The van der Waals surface area contributed by atoms with E-state index in [4.69, 9.17) is 4.43 Å². The van der Waals surface area contributed by atoms with Crippen LogP contribution in [0.5, 0.6) is 0 Å². The summed E-state index contributed by atoms with van der Waals surface area (Å²) in [5, 5.41) is 0. The van der Waals surface area contributed by atoms with Gasteiger partial charge in [0.25, 0.3) is 11.8 Å². The van der Waals surface area contributed by atoms with Gasteiger partial charge < -0.3 is 4.43 Å². The minimum atomic E-state index is -2.08. The van der Waals surface area contributed by atoms with Crippen LogP contribution in [0, 0.1) is 5.82 Å². The summed E-state index contributed by atoms with van der Waals surface area (Å²) in [5.74, 6) is -1.01. The third-order valence-corrected chi connectivity index (χ3v) is 11.4. The molecule has 0 spiro atoms. The molecule has 2 atom stereocenters. The highest BCUT2D eigenvalue weighted by Crippen LogP contribution is 2.41. The van der Waals surface area contributed by atoms with Crippen molar-refractivity contribution in [1.29, 1.82) is 0 Å². The van der Waals surface area contributed by atoms with Crippen molar-refractivity contribution >= 4 is 20.1 Å². The van der Waals surface area contributed by atoms with Crippen molar-refractivity contribution in [2.75, 3.05) is 0 Å². The summed E-state index contributed by atoms with van der Waals surface area (Å²) in [4.78, 5) is 27.8. The van der Waals surface area contributed by atoms with Gasteiger partial charge in [-0.2, -0.15) is 0 Å². The molecule has 1 aliphatic rings. The first-order valence-electron chi connectivity index (χ1n) is 11.5. The Bertz CT molecular complexity index is 954. The molecule has 0 unspecified atom stereocenters. The molecule has 0 bridgehead atoms. The van der Waals surface area contributed by atoms with E-state index in [0.29, 0.717) is 11.1 Å². The van der Waals surface area contributed by atoms with Gasteiger partial charge >= 0.3 is 0 Å². The van der Waals surface area contributed by atoms with E-state index in [-0.39, 0.29) is 23.0 Å². The Balaban J connectivity index is 1.94. The largest absolute Gasteiger partial charge is 0.403 e. The van der Waals surface area contributed by atoms with E-state index in [1.165, 1.54) is 17.0 Å². The number of likely N-dealkylation sites (tertiary alicyclic amines) is 1. The Hall–Kier alpha value is -2.31. The molecule has 1 heterocycles. The number of carbonyl (C=O) groups is 2. The first kappa shape index (κ1) is 24.3. The molecule has 1 saturated heterocycles. The molecule has 0 N–H and O–H groups in total. The van der Waals surface area contributed by atoms with Crippen LogP contribution in [0.2, 0.25) is 18.1 Å². The summed E-state index contributed by atoms with van der Waals surface area (Å²) < 4.78 is 20.1. The van der Waals surface area contributed by atoms with Crippen molar-refractivity contribution in [1.82, 2.24) is 4.90 Å². The molecule has 1 fully saturated rings. The van der Waals surface area contributed by atoms with Gasteiger partial charge in [-0.25, -0.2) is 4.39 Å². The van der Waals surface area contributed by atoms with Crippen molar-refractivity contribution in [3.63, 3.8) is 0 Å². The number of β-lactam (4-membered cyclic amide) rings is 1. The monoisotopic (exact) mass is 455 g/mol. The average molecular weight is 456 g/mol. The predicted molar refractivity (Wildman–Crippen MR) is 128 cm³/mol. The number of hydrogen-bond donors (Lipinski definition) is 0. The number of rotatable bonds is 7. The van der Waals surface area contributed by atoms with Crippen LogP contribution in [0.15, 0.2) is 48.5 Å². The second-order valence-electron chi connectivity index (χ2n) is 9.62. The van der Waals surface area contributed by atoms with Crippen molar-refractivity contribution in [3.8, 4) is 0 Å². The van der Waals surface area contributed by atoms with Gasteiger partial charge in [0, 0.05) is 5.56 Å². The maximum Gasteiger partial charge on any atom is 0.261 e. The Morgan fingerprint density at radius 3 is 1.97 bits per heavy atom. The van der Waals surface area contributed by atoms with Gasteiger partial charge in [-0.3, -0.25) is 14.5 Å². The zero-order chi connectivity index (χ0) is 23.7. The lowest BCUT2D eigenvalue weighted by Gasteiger charge is -2.48. The minimum absolute atomic E-state index is 0.0296. The number of amides is 2. The highest BCUT2D eigenvalue weighted by molar-refractivity contribution is 6.73. The Morgan fingerprint density at radius 2 is 1.50 bits per heavy atom. The molecule has 3 rings (SSSR count). The highest BCUT2D eigenvalue weighted by atomic mass is 28.4. The molecule has 32 heavy (non-hydrogen) atoms. The van der Waals surface area contributed by atoms with Gasteiger partial charge in [0.05, 0.1) is 6.04 Å². The fourth-order valence-corrected chi connectivity index (χ4v) is 7.08. The molecule has 0 aliphatic carbocycles. The lowest BCUT2D eigenvalue weighted by molar-refractivity contribution is -0.158. The summed E-state index contributed by atoms with van der Waals surface area (Å²) in [7, 11) is -2.08. The molecule has 172 valence electrons. The minimum Gasteiger partial charge on any atom is -0.403 e. The molecule has 2 amide bonds. The second-order valence-corrected chi connectivity index (χ2v) is 14.3. The van der Waals surface area contributed by atoms with Gasteiger partial charge in [0.1, 0.15) is 5.82 Å². The standard InChI is InChI=1S/C26H34FNO3Si/c1-7-32(8-2,9-3)31-23-22(18-12-16-21(27)17-13-18)28(25(23)30)24(29)19-10-14-20(15-11-19)26(4,5)6/h10-17,22-23H,7-9H2,1-6H3/t22-,23+/m1/s1. The van der Waals surface area contributed by atoms with E-state index in [1.54, 1.807) is 24.3 Å². The fraction of sp³-hybridized carbons (Fsp3) is 0.462. The number of nitrogens with zero attached hydrogens (tertiary/aromatic N) is 1. The van der Waals surface area contributed by atoms with Gasteiger partial charge in [-0.1, -0.05) is 65.8 Å². The zero-order valence-corrected chi connectivity index (χ0v) is 20.9. The van der Waals surface area contributed by atoms with Crippen molar-refractivity contribution in [2.24, 2.45) is 0 Å². The molecule has 4 nitrogen and oxygen atoms in total. The molecule has 6 heteroatoms. The molecular formula is C26H34FNO3Si. The Morgan fingerprint density at radius 1 is 0.969 bits per heavy atom. The molecular weight excluding hydrogens is 421 g/mol. The summed E-state index contributed by atoms with van der Waals surface area (Å²) in [6, 6.07) is 15.6. The average Bonchev–Trinajstić information content (AvgIpc) is 2.78. The van der Waals surface area contributed by atoms with E-state index in [2.05, 4.69) is 41.5 Å². The number of halogens is 1. The van der Waals surface area contributed by atoms with E-state index in [1.807, 2.05) is 12.1 Å². The third-order valence-electron chi connectivity index (χ3n) is 6.78. The Kier molecular flexibility index (Phi) is 7.05. The smallest absolute Gasteiger partial charge is 0.261 e. The predicted octanol–water partition coefficient (Wildman–Crippen LogP) is 6.24. The van der Waals surface area contributed by atoms with Gasteiger partial charge in [0.2, 0.25) is 0 Å². The van der Waals surface area contributed by atoms with Crippen LogP contribution < -0.4 is 0 Å². The van der Waals surface area contributed by atoms with Crippen LogP contribution >= 0.6 is 0 Å². The van der Waals surface area contributed by atoms with E-state index in [0.717, 1.165) is 23.7 Å². The lowest BCUT2D eigenvalue weighted by Crippen LogP contribution is -2.64. The molecule has 0 radical (unpaired) electrons. The van der Waals surface area contributed by atoms with Crippen LogP contribution in [0.25, 0.3) is 0 Å². The first-order chi connectivity index (χ1) is 15.1. The SMILES string of the molecule is CC[Si](CC)(CC)O[C@@H]1C(=O)N(C(=O)c2ccc(C(C)(C)C)cc2)[C@@H]1c1ccc(F)cc1.